The third kappa shape index (κ3) is 3.70. The summed E-state index contributed by atoms with van der Waals surface area (Å²) in [5.74, 6) is -0.504. The first-order valence-corrected chi connectivity index (χ1v) is 9.24. The van der Waals surface area contributed by atoms with Gasteiger partial charge in [0.1, 0.15) is 0 Å². The van der Waals surface area contributed by atoms with Crippen LogP contribution in [-0.4, -0.2) is 67.9 Å². The second kappa shape index (κ2) is 7.62. The fraction of sp³-hybridized carbons (Fsp3) is 0.632. The Morgan fingerprint density at radius 3 is 2.40 bits per heavy atom. The van der Waals surface area contributed by atoms with Crippen molar-refractivity contribution in [2.75, 3.05) is 34.4 Å². The summed E-state index contributed by atoms with van der Waals surface area (Å²) in [6.45, 7) is 2.15. The second-order valence-corrected chi connectivity index (χ2v) is 7.45. The van der Waals surface area contributed by atoms with Gasteiger partial charge < -0.3 is 14.4 Å². The van der Waals surface area contributed by atoms with Crippen molar-refractivity contribution in [1.29, 1.82) is 0 Å². The van der Waals surface area contributed by atoms with Crippen LogP contribution in [0.4, 0.5) is 0 Å². The molecule has 5 nitrogen and oxygen atoms in total. The Morgan fingerprint density at radius 2 is 1.88 bits per heavy atom. The van der Waals surface area contributed by atoms with E-state index in [1.165, 1.54) is 6.42 Å². The van der Waals surface area contributed by atoms with E-state index >= 15 is 0 Å². The number of ether oxygens (including phenoxy) is 2. The van der Waals surface area contributed by atoms with Gasteiger partial charge >= 0.3 is 0 Å². The molecule has 6 heteroatoms. The number of hydrogen-bond donors (Lipinski definition) is 0. The first-order chi connectivity index (χ1) is 12.0. The summed E-state index contributed by atoms with van der Waals surface area (Å²) in [6, 6.07) is 7.51. The predicted octanol–water partition coefficient (Wildman–Crippen LogP) is 3.03. The van der Waals surface area contributed by atoms with Gasteiger partial charge in [-0.25, -0.2) is 0 Å². The fourth-order valence-electron chi connectivity index (χ4n) is 4.01. The Balaban J connectivity index is 1.78. The summed E-state index contributed by atoms with van der Waals surface area (Å²) in [6.07, 6.45) is 3.64. The Hall–Kier alpha value is -1.14. The van der Waals surface area contributed by atoms with Crippen molar-refractivity contribution in [3.8, 4) is 0 Å². The standard InChI is InChI=1S/C19H27ClN2O3/c1-21(18(23)14-5-7-15(20)8-6-14)16-9-10-19(24-2,25-3)13-17(16)22-11-4-12-22/h5-8,16-17H,4,9-13H2,1-3H3. The molecule has 2 aliphatic rings. The molecule has 1 aliphatic heterocycles. The maximum atomic E-state index is 12.9. The molecule has 0 spiro atoms. The number of benzene rings is 1. The summed E-state index contributed by atoms with van der Waals surface area (Å²) < 4.78 is 11.4. The molecule has 138 valence electrons. The van der Waals surface area contributed by atoms with Crippen LogP contribution >= 0.6 is 11.6 Å². The maximum absolute atomic E-state index is 12.9. The third-order valence-electron chi connectivity index (χ3n) is 5.80. The molecular formula is C19H27ClN2O3. The lowest BCUT2D eigenvalue weighted by molar-refractivity contribution is -0.240. The third-order valence-corrected chi connectivity index (χ3v) is 6.05. The minimum atomic E-state index is -0.541. The van der Waals surface area contributed by atoms with E-state index in [0.29, 0.717) is 10.6 Å². The van der Waals surface area contributed by atoms with E-state index in [0.717, 1.165) is 32.4 Å². The van der Waals surface area contributed by atoms with Gasteiger partial charge in [0.2, 0.25) is 0 Å². The van der Waals surface area contributed by atoms with Gasteiger partial charge in [0.05, 0.1) is 0 Å². The fourth-order valence-corrected chi connectivity index (χ4v) is 4.14. The lowest BCUT2D eigenvalue weighted by atomic mass is 9.82. The normalized spacial score (nSPS) is 26.1. The van der Waals surface area contributed by atoms with Crippen molar-refractivity contribution >= 4 is 17.5 Å². The monoisotopic (exact) mass is 366 g/mol. The molecule has 1 saturated carbocycles. The molecule has 2 fully saturated rings. The zero-order valence-electron chi connectivity index (χ0n) is 15.2. The summed E-state index contributed by atoms with van der Waals surface area (Å²) in [4.78, 5) is 17.3. The van der Waals surface area contributed by atoms with Crippen molar-refractivity contribution in [2.45, 2.75) is 43.6 Å². The van der Waals surface area contributed by atoms with Gasteiger partial charge in [0.15, 0.2) is 5.79 Å². The van der Waals surface area contributed by atoms with Crippen molar-refractivity contribution < 1.29 is 14.3 Å². The van der Waals surface area contributed by atoms with Crippen LogP contribution in [0.3, 0.4) is 0 Å². The van der Waals surface area contributed by atoms with E-state index < -0.39 is 5.79 Å². The predicted molar refractivity (Wildman–Crippen MR) is 97.9 cm³/mol. The van der Waals surface area contributed by atoms with Gasteiger partial charge in [-0.05, 0) is 50.2 Å². The summed E-state index contributed by atoms with van der Waals surface area (Å²) in [7, 11) is 5.32. The number of methoxy groups -OCH3 is 2. The zero-order valence-corrected chi connectivity index (χ0v) is 16.0. The van der Waals surface area contributed by atoms with Gasteiger partial charge in [-0.3, -0.25) is 9.69 Å². The summed E-state index contributed by atoms with van der Waals surface area (Å²) >= 11 is 5.94. The quantitative estimate of drug-likeness (QED) is 0.751. The minimum absolute atomic E-state index is 0.0366. The van der Waals surface area contributed by atoms with Crippen LogP contribution in [0.15, 0.2) is 24.3 Å². The summed E-state index contributed by atoms with van der Waals surface area (Å²) in [5.41, 5.74) is 0.671. The number of carbonyl (C=O) groups excluding carboxylic acids is 1. The van der Waals surface area contributed by atoms with Gasteiger partial charge in [0, 0.05) is 56.8 Å². The van der Waals surface area contributed by atoms with Crippen LogP contribution in [0.5, 0.6) is 0 Å². The maximum Gasteiger partial charge on any atom is 0.253 e. The molecule has 2 atom stereocenters. The smallest absolute Gasteiger partial charge is 0.253 e. The molecule has 1 heterocycles. The van der Waals surface area contributed by atoms with E-state index in [1.807, 2.05) is 11.9 Å². The topological polar surface area (TPSA) is 42.0 Å². The largest absolute Gasteiger partial charge is 0.353 e. The molecule has 0 N–H and O–H groups in total. The highest BCUT2D eigenvalue weighted by Crippen LogP contribution is 2.38. The van der Waals surface area contributed by atoms with Crippen LogP contribution in [-0.2, 0) is 9.47 Å². The van der Waals surface area contributed by atoms with Crippen LogP contribution in [0, 0.1) is 0 Å². The second-order valence-electron chi connectivity index (χ2n) is 7.01. The highest BCUT2D eigenvalue weighted by molar-refractivity contribution is 6.30. The first kappa shape index (κ1) is 18.6. The van der Waals surface area contributed by atoms with Crippen molar-refractivity contribution in [2.24, 2.45) is 0 Å². The number of carbonyl (C=O) groups is 1. The number of nitrogens with zero attached hydrogens (tertiary/aromatic N) is 2. The van der Waals surface area contributed by atoms with E-state index in [-0.39, 0.29) is 18.0 Å². The van der Waals surface area contributed by atoms with Crippen LogP contribution in [0.1, 0.15) is 36.0 Å². The van der Waals surface area contributed by atoms with Gasteiger partial charge in [-0.15, -0.1) is 0 Å². The van der Waals surface area contributed by atoms with Crippen LogP contribution < -0.4 is 0 Å². The number of likely N-dealkylation sites (tertiary alicyclic amines) is 1. The lowest BCUT2D eigenvalue weighted by Gasteiger charge is -2.51. The zero-order chi connectivity index (χ0) is 18.0. The Labute approximate surface area is 154 Å². The Bertz CT molecular complexity index is 599. The van der Waals surface area contributed by atoms with Crippen molar-refractivity contribution in [3.63, 3.8) is 0 Å². The average Bonchev–Trinajstić information content (AvgIpc) is 2.59. The molecule has 1 aliphatic carbocycles. The molecule has 1 saturated heterocycles. The van der Waals surface area contributed by atoms with Gasteiger partial charge in [-0.2, -0.15) is 0 Å². The van der Waals surface area contributed by atoms with Gasteiger partial charge in [0.25, 0.3) is 5.91 Å². The minimum Gasteiger partial charge on any atom is -0.353 e. The molecular weight excluding hydrogens is 340 g/mol. The molecule has 1 aromatic carbocycles. The highest BCUT2D eigenvalue weighted by atomic mass is 35.5. The van der Waals surface area contributed by atoms with Gasteiger partial charge in [-0.1, -0.05) is 11.6 Å². The molecule has 1 aromatic rings. The number of hydrogen-bond acceptors (Lipinski definition) is 4. The number of likely N-dealkylation sites (N-methyl/N-ethyl adjacent to an activating group) is 1. The molecule has 1 amide bonds. The van der Waals surface area contributed by atoms with Crippen LogP contribution in [0.25, 0.3) is 0 Å². The Morgan fingerprint density at radius 1 is 1.24 bits per heavy atom. The highest BCUT2D eigenvalue weighted by Gasteiger charge is 2.46. The van der Waals surface area contributed by atoms with E-state index in [1.54, 1.807) is 38.5 Å². The Kier molecular flexibility index (Phi) is 5.68. The molecule has 0 bridgehead atoms. The average molecular weight is 367 g/mol. The van der Waals surface area contributed by atoms with Crippen molar-refractivity contribution in [3.05, 3.63) is 34.9 Å². The molecule has 2 unspecified atom stereocenters. The molecule has 3 rings (SSSR count). The van der Waals surface area contributed by atoms with E-state index in [4.69, 9.17) is 21.1 Å². The molecule has 25 heavy (non-hydrogen) atoms. The first-order valence-electron chi connectivity index (χ1n) is 8.87. The number of amides is 1. The molecule has 0 radical (unpaired) electrons. The number of rotatable bonds is 5. The number of halogens is 1. The summed E-state index contributed by atoms with van der Waals surface area (Å²) in [5, 5.41) is 0.639. The molecule has 0 aromatic heterocycles. The van der Waals surface area contributed by atoms with Crippen LogP contribution in [0.2, 0.25) is 5.02 Å². The van der Waals surface area contributed by atoms with Crippen molar-refractivity contribution in [1.82, 2.24) is 9.80 Å². The lowest BCUT2D eigenvalue weighted by Crippen LogP contribution is -2.62. The van der Waals surface area contributed by atoms with E-state index in [2.05, 4.69) is 4.90 Å². The SMILES string of the molecule is COC1(OC)CCC(N(C)C(=O)c2ccc(Cl)cc2)C(N2CCC2)C1. The van der Waals surface area contributed by atoms with E-state index in [9.17, 15) is 4.79 Å².